The molecule has 0 radical (unpaired) electrons. The molecular formula is C24H27N9O2. The predicted molar refractivity (Wildman–Crippen MR) is 131 cm³/mol. The smallest absolute Gasteiger partial charge is 0.229 e. The number of pyridine rings is 1. The first-order valence-electron chi connectivity index (χ1n) is 11.9. The first-order valence-corrected chi connectivity index (χ1v) is 11.9. The highest BCUT2D eigenvalue weighted by Crippen LogP contribution is 2.31. The molecule has 0 saturated carbocycles. The molecule has 2 atom stereocenters. The van der Waals surface area contributed by atoms with E-state index in [0.717, 1.165) is 41.1 Å². The number of H-pyrrole nitrogens is 1. The maximum atomic E-state index is 5.68. The Morgan fingerprint density at radius 2 is 1.54 bits per heavy atom. The van der Waals surface area contributed by atoms with Crippen molar-refractivity contribution < 1.29 is 9.47 Å². The van der Waals surface area contributed by atoms with Crippen molar-refractivity contribution in [3.8, 4) is 22.6 Å². The molecule has 2 fully saturated rings. The van der Waals surface area contributed by atoms with Crippen molar-refractivity contribution in [1.82, 2.24) is 35.6 Å². The summed E-state index contributed by atoms with van der Waals surface area (Å²) in [5, 5.41) is 15.0. The van der Waals surface area contributed by atoms with E-state index in [1.165, 1.54) is 0 Å². The third kappa shape index (κ3) is 4.17. The second kappa shape index (κ2) is 9.16. The highest BCUT2D eigenvalue weighted by Gasteiger charge is 2.27. The van der Waals surface area contributed by atoms with Gasteiger partial charge < -0.3 is 19.3 Å². The summed E-state index contributed by atoms with van der Waals surface area (Å²) in [4.78, 5) is 19.5. The average molecular weight is 474 g/mol. The minimum Gasteiger partial charge on any atom is -0.377 e. The molecule has 0 aliphatic carbocycles. The van der Waals surface area contributed by atoms with Crippen molar-refractivity contribution in [3.05, 3.63) is 36.4 Å². The van der Waals surface area contributed by atoms with Crippen LogP contribution in [0.5, 0.6) is 0 Å². The van der Waals surface area contributed by atoms with Crippen LogP contribution in [0, 0.1) is 0 Å². The summed E-state index contributed by atoms with van der Waals surface area (Å²) >= 11 is 0. The van der Waals surface area contributed by atoms with Crippen LogP contribution in [-0.2, 0) is 9.47 Å². The maximum absolute atomic E-state index is 5.68. The molecular weight excluding hydrogens is 446 g/mol. The molecule has 1 aromatic carbocycles. The number of fused-ring (bicyclic) bond motifs is 1. The molecule has 3 aromatic heterocycles. The highest BCUT2D eigenvalue weighted by molar-refractivity contribution is 5.90. The van der Waals surface area contributed by atoms with E-state index in [4.69, 9.17) is 24.4 Å². The van der Waals surface area contributed by atoms with Crippen LogP contribution in [0.1, 0.15) is 13.8 Å². The molecule has 4 aromatic rings. The number of benzene rings is 1. The summed E-state index contributed by atoms with van der Waals surface area (Å²) < 4.78 is 11.3. The van der Waals surface area contributed by atoms with Crippen LogP contribution in [0.15, 0.2) is 36.4 Å². The minimum absolute atomic E-state index is 0.192. The predicted octanol–water partition coefficient (Wildman–Crippen LogP) is 2.32. The number of aromatic nitrogens is 7. The lowest BCUT2D eigenvalue weighted by Gasteiger charge is -2.37. The number of nitrogens with one attached hydrogen (secondary N) is 1. The number of ether oxygens (including phenoxy) is 2. The molecule has 0 amide bonds. The van der Waals surface area contributed by atoms with Gasteiger partial charge in [0.2, 0.25) is 5.95 Å². The molecule has 11 heteroatoms. The van der Waals surface area contributed by atoms with Crippen molar-refractivity contribution in [3.63, 3.8) is 0 Å². The van der Waals surface area contributed by atoms with E-state index in [9.17, 15) is 0 Å². The van der Waals surface area contributed by atoms with Gasteiger partial charge in [-0.15, -0.1) is 5.10 Å². The lowest BCUT2D eigenvalue weighted by atomic mass is 10.1. The Balaban J connectivity index is 1.43. The number of morpholine rings is 2. The Morgan fingerprint density at radius 3 is 2.23 bits per heavy atom. The van der Waals surface area contributed by atoms with Crippen LogP contribution < -0.4 is 9.80 Å². The number of tetrazole rings is 1. The van der Waals surface area contributed by atoms with Gasteiger partial charge in [0.1, 0.15) is 5.82 Å². The third-order valence-electron chi connectivity index (χ3n) is 6.59. The van der Waals surface area contributed by atoms with Crippen LogP contribution >= 0.6 is 0 Å². The van der Waals surface area contributed by atoms with Crippen LogP contribution in [0.2, 0.25) is 0 Å². The molecule has 180 valence electrons. The fourth-order valence-corrected chi connectivity index (χ4v) is 4.64. The summed E-state index contributed by atoms with van der Waals surface area (Å²) in [5.74, 6) is 2.23. The highest BCUT2D eigenvalue weighted by atomic mass is 16.5. The Bertz CT molecular complexity index is 1310. The zero-order valence-corrected chi connectivity index (χ0v) is 19.8. The normalized spacial score (nSPS) is 21.0. The van der Waals surface area contributed by atoms with E-state index < -0.39 is 0 Å². The van der Waals surface area contributed by atoms with Gasteiger partial charge in [-0.1, -0.05) is 24.3 Å². The van der Waals surface area contributed by atoms with Gasteiger partial charge >= 0.3 is 0 Å². The Morgan fingerprint density at radius 1 is 0.829 bits per heavy atom. The van der Waals surface area contributed by atoms with Crippen molar-refractivity contribution in [1.29, 1.82) is 0 Å². The van der Waals surface area contributed by atoms with Gasteiger partial charge in [-0.2, -0.15) is 9.97 Å². The van der Waals surface area contributed by atoms with E-state index in [-0.39, 0.29) is 12.1 Å². The van der Waals surface area contributed by atoms with Crippen LogP contribution in [-0.4, -0.2) is 87.2 Å². The first kappa shape index (κ1) is 21.8. The molecule has 11 nitrogen and oxygen atoms in total. The second-order valence-corrected chi connectivity index (χ2v) is 8.98. The number of aromatic amines is 1. The van der Waals surface area contributed by atoms with E-state index >= 15 is 0 Å². The Kier molecular flexibility index (Phi) is 5.71. The number of hydrogen-bond acceptors (Lipinski definition) is 10. The number of anilines is 2. The first-order chi connectivity index (χ1) is 17.2. The van der Waals surface area contributed by atoms with Crippen molar-refractivity contribution in [2.45, 2.75) is 25.9 Å². The SMILES string of the molecule is C[C@H]1COCCN1c1nc(N2CCOC[C@@H]2C)c2ccc(-c3ccc(-c4nnn[nH]4)cc3)nc2n1. The molecule has 0 bridgehead atoms. The van der Waals surface area contributed by atoms with E-state index in [0.29, 0.717) is 43.8 Å². The summed E-state index contributed by atoms with van der Waals surface area (Å²) in [6, 6.07) is 12.5. The second-order valence-electron chi connectivity index (χ2n) is 8.98. The Hall–Kier alpha value is -3.70. The summed E-state index contributed by atoms with van der Waals surface area (Å²) in [6.07, 6.45) is 0. The van der Waals surface area contributed by atoms with Gasteiger partial charge in [0.15, 0.2) is 11.5 Å². The van der Waals surface area contributed by atoms with Gasteiger partial charge in [0, 0.05) is 24.2 Å². The summed E-state index contributed by atoms with van der Waals surface area (Å²) in [5.41, 5.74) is 3.43. The Labute approximate surface area is 202 Å². The fraction of sp³-hybridized carbons (Fsp3) is 0.417. The van der Waals surface area contributed by atoms with Crippen molar-refractivity contribution >= 4 is 22.8 Å². The zero-order chi connectivity index (χ0) is 23.8. The molecule has 0 unspecified atom stereocenters. The molecule has 2 saturated heterocycles. The van der Waals surface area contributed by atoms with Gasteiger partial charge in [-0.25, -0.2) is 10.1 Å². The largest absolute Gasteiger partial charge is 0.377 e. The van der Waals surface area contributed by atoms with Crippen LogP contribution in [0.25, 0.3) is 33.7 Å². The monoisotopic (exact) mass is 473 g/mol. The summed E-state index contributed by atoms with van der Waals surface area (Å²) in [7, 11) is 0. The average Bonchev–Trinajstić information content (AvgIpc) is 3.44. The zero-order valence-electron chi connectivity index (χ0n) is 19.8. The number of hydrogen-bond donors (Lipinski definition) is 1. The standard InChI is InChI=1S/C24H27N9O2/c1-15-13-34-11-9-32(15)23-19-7-8-20(17-3-5-18(6-4-17)21-28-30-31-29-21)25-22(19)26-24(27-23)33-10-12-35-14-16(33)2/h3-8,15-16H,9-14H2,1-2H3,(H,28,29,30,31)/t15-,16-/m0/s1. The van der Waals surface area contributed by atoms with Crippen LogP contribution in [0.3, 0.4) is 0 Å². The van der Waals surface area contributed by atoms with Crippen molar-refractivity contribution in [2.24, 2.45) is 0 Å². The molecule has 0 spiro atoms. The molecule has 35 heavy (non-hydrogen) atoms. The quantitative estimate of drug-likeness (QED) is 0.473. The fourth-order valence-electron chi connectivity index (χ4n) is 4.64. The van der Waals surface area contributed by atoms with Gasteiger partial charge in [0.05, 0.1) is 49.6 Å². The molecule has 6 rings (SSSR count). The van der Waals surface area contributed by atoms with Gasteiger partial charge in [0.25, 0.3) is 0 Å². The van der Waals surface area contributed by atoms with Crippen molar-refractivity contribution in [2.75, 3.05) is 49.3 Å². The number of rotatable bonds is 4. The minimum atomic E-state index is 0.192. The van der Waals surface area contributed by atoms with Gasteiger partial charge in [-0.05, 0) is 36.4 Å². The van der Waals surface area contributed by atoms with Gasteiger partial charge in [-0.3, -0.25) is 0 Å². The number of nitrogens with zero attached hydrogens (tertiary/aromatic N) is 8. The molecule has 5 heterocycles. The molecule has 2 aliphatic rings. The van der Waals surface area contributed by atoms with E-state index in [1.807, 2.05) is 30.3 Å². The third-order valence-corrected chi connectivity index (χ3v) is 6.59. The topological polar surface area (TPSA) is 118 Å². The maximum Gasteiger partial charge on any atom is 0.229 e. The lowest BCUT2D eigenvalue weighted by molar-refractivity contribution is 0.0973. The van der Waals surface area contributed by atoms with E-state index in [1.54, 1.807) is 0 Å². The van der Waals surface area contributed by atoms with Crippen LogP contribution in [0.4, 0.5) is 11.8 Å². The van der Waals surface area contributed by atoms with E-state index in [2.05, 4.69) is 50.3 Å². The summed E-state index contributed by atoms with van der Waals surface area (Å²) in [6.45, 7) is 8.51. The molecule has 1 N–H and O–H groups in total. The lowest BCUT2D eigenvalue weighted by Crippen LogP contribution is -2.46. The molecule has 2 aliphatic heterocycles.